The summed E-state index contributed by atoms with van der Waals surface area (Å²) < 4.78 is 2.30. The number of aromatic nitrogens is 3. The molecule has 1 saturated heterocycles. The molecule has 0 N–H and O–H groups in total. The Balaban J connectivity index is 1.44. The Morgan fingerprint density at radius 2 is 2.00 bits per heavy atom. The number of hydrogen-bond donors (Lipinski definition) is 0. The first kappa shape index (κ1) is 15.6. The highest BCUT2D eigenvalue weighted by Crippen LogP contribution is 2.36. The predicted octanol–water partition coefficient (Wildman–Crippen LogP) is 3.53. The summed E-state index contributed by atoms with van der Waals surface area (Å²) in [6.07, 6.45) is 10.3. The van der Waals surface area contributed by atoms with E-state index in [0.29, 0.717) is 0 Å². The van der Waals surface area contributed by atoms with Crippen molar-refractivity contribution in [3.8, 4) is 0 Å². The molecule has 1 aliphatic carbocycles. The third-order valence-corrected chi connectivity index (χ3v) is 7.13. The van der Waals surface area contributed by atoms with Gasteiger partial charge in [-0.1, -0.05) is 6.42 Å². The van der Waals surface area contributed by atoms with Crippen molar-refractivity contribution >= 4 is 17.2 Å². The molecule has 0 radical (unpaired) electrons. The van der Waals surface area contributed by atoms with Gasteiger partial charge in [-0.3, -0.25) is 4.79 Å². The van der Waals surface area contributed by atoms with E-state index >= 15 is 0 Å². The SMILES string of the molecule is O=C(c1cc2c(s1)CCC2)N1CCCC1c1nnc2n1CCCCC2. The maximum absolute atomic E-state index is 13.2. The van der Waals surface area contributed by atoms with Gasteiger partial charge in [-0.05, 0) is 56.6 Å². The molecule has 132 valence electrons. The van der Waals surface area contributed by atoms with E-state index in [-0.39, 0.29) is 11.9 Å². The number of likely N-dealkylation sites (tertiary alicyclic amines) is 1. The predicted molar refractivity (Wildman–Crippen MR) is 96.9 cm³/mol. The Morgan fingerprint density at radius 1 is 1.04 bits per heavy atom. The third-order valence-electron chi connectivity index (χ3n) is 5.91. The molecule has 5 rings (SSSR count). The van der Waals surface area contributed by atoms with Crippen LogP contribution in [0, 0.1) is 0 Å². The molecule has 1 fully saturated rings. The zero-order valence-corrected chi connectivity index (χ0v) is 15.4. The first-order valence-corrected chi connectivity index (χ1v) is 10.5. The molecule has 0 saturated carbocycles. The molecule has 4 heterocycles. The zero-order valence-electron chi connectivity index (χ0n) is 14.5. The highest BCUT2D eigenvalue weighted by molar-refractivity contribution is 7.14. The Labute approximate surface area is 152 Å². The van der Waals surface area contributed by atoms with E-state index in [0.717, 1.165) is 61.7 Å². The van der Waals surface area contributed by atoms with Gasteiger partial charge in [0, 0.05) is 24.4 Å². The third kappa shape index (κ3) is 2.62. The van der Waals surface area contributed by atoms with Gasteiger partial charge in [0.15, 0.2) is 5.82 Å². The van der Waals surface area contributed by atoms with Crippen LogP contribution >= 0.6 is 11.3 Å². The van der Waals surface area contributed by atoms with Crippen molar-refractivity contribution in [2.24, 2.45) is 0 Å². The lowest BCUT2D eigenvalue weighted by Gasteiger charge is -2.24. The number of thiophene rings is 1. The molecule has 0 bridgehead atoms. The fourth-order valence-corrected chi connectivity index (χ4v) is 5.82. The molecule has 1 unspecified atom stereocenters. The number of carbonyl (C=O) groups excluding carboxylic acids is 1. The lowest BCUT2D eigenvalue weighted by molar-refractivity contribution is 0.0732. The number of nitrogens with zero attached hydrogens (tertiary/aromatic N) is 4. The first-order valence-electron chi connectivity index (χ1n) is 9.66. The van der Waals surface area contributed by atoms with Crippen LogP contribution in [0.5, 0.6) is 0 Å². The molecule has 0 spiro atoms. The maximum atomic E-state index is 13.2. The summed E-state index contributed by atoms with van der Waals surface area (Å²) in [6, 6.07) is 2.25. The first-order chi connectivity index (χ1) is 12.3. The highest BCUT2D eigenvalue weighted by atomic mass is 32.1. The molecule has 6 heteroatoms. The Morgan fingerprint density at radius 3 is 2.92 bits per heavy atom. The van der Waals surface area contributed by atoms with Crippen LogP contribution in [0.2, 0.25) is 0 Å². The molecular formula is C19H24N4OS. The number of aryl methyl sites for hydroxylation is 3. The van der Waals surface area contributed by atoms with Gasteiger partial charge in [0.25, 0.3) is 5.91 Å². The van der Waals surface area contributed by atoms with Crippen molar-refractivity contribution in [1.82, 2.24) is 19.7 Å². The highest BCUT2D eigenvalue weighted by Gasteiger charge is 2.35. The van der Waals surface area contributed by atoms with Crippen LogP contribution in [0.25, 0.3) is 0 Å². The van der Waals surface area contributed by atoms with Gasteiger partial charge < -0.3 is 9.47 Å². The van der Waals surface area contributed by atoms with Crippen LogP contribution in [0.4, 0.5) is 0 Å². The summed E-state index contributed by atoms with van der Waals surface area (Å²) in [5, 5.41) is 8.97. The summed E-state index contributed by atoms with van der Waals surface area (Å²) in [5.41, 5.74) is 1.40. The van der Waals surface area contributed by atoms with E-state index in [4.69, 9.17) is 0 Å². The average Bonchev–Trinajstić information content (AvgIpc) is 3.35. The molecule has 3 aliphatic rings. The Kier molecular flexibility index (Phi) is 3.88. The largest absolute Gasteiger partial charge is 0.328 e. The number of rotatable bonds is 2. The van der Waals surface area contributed by atoms with Crippen LogP contribution in [0.3, 0.4) is 0 Å². The summed E-state index contributed by atoms with van der Waals surface area (Å²) in [7, 11) is 0. The van der Waals surface area contributed by atoms with Gasteiger partial charge in [0.2, 0.25) is 0 Å². The van der Waals surface area contributed by atoms with Crippen LogP contribution in [0.1, 0.15) is 76.3 Å². The van der Waals surface area contributed by atoms with Gasteiger partial charge in [0.1, 0.15) is 5.82 Å². The maximum Gasteiger partial charge on any atom is 0.264 e. The van der Waals surface area contributed by atoms with E-state index in [2.05, 4.69) is 25.7 Å². The molecule has 5 nitrogen and oxygen atoms in total. The zero-order chi connectivity index (χ0) is 16.8. The normalized spacial score (nSPS) is 22.7. The number of amides is 1. The van der Waals surface area contributed by atoms with E-state index < -0.39 is 0 Å². The minimum atomic E-state index is 0.101. The quantitative estimate of drug-likeness (QED) is 0.827. The van der Waals surface area contributed by atoms with Gasteiger partial charge in [-0.15, -0.1) is 21.5 Å². The summed E-state index contributed by atoms with van der Waals surface area (Å²) in [6.45, 7) is 1.84. The average molecular weight is 356 g/mol. The van der Waals surface area contributed by atoms with Crippen molar-refractivity contribution in [1.29, 1.82) is 0 Å². The van der Waals surface area contributed by atoms with E-state index in [1.165, 1.54) is 36.1 Å². The van der Waals surface area contributed by atoms with E-state index in [1.807, 2.05) is 0 Å². The van der Waals surface area contributed by atoms with Crippen LogP contribution < -0.4 is 0 Å². The van der Waals surface area contributed by atoms with Crippen molar-refractivity contribution in [3.63, 3.8) is 0 Å². The Bertz CT molecular complexity index is 787. The van der Waals surface area contributed by atoms with Crippen LogP contribution in [-0.4, -0.2) is 32.1 Å². The molecule has 2 aliphatic heterocycles. The van der Waals surface area contributed by atoms with Gasteiger partial charge in [-0.25, -0.2) is 0 Å². The number of hydrogen-bond acceptors (Lipinski definition) is 4. The van der Waals surface area contributed by atoms with Crippen molar-refractivity contribution in [3.05, 3.63) is 33.0 Å². The van der Waals surface area contributed by atoms with Crippen LogP contribution in [0.15, 0.2) is 6.07 Å². The number of fused-ring (bicyclic) bond motifs is 2. The summed E-state index contributed by atoms with van der Waals surface area (Å²) >= 11 is 1.71. The van der Waals surface area contributed by atoms with Gasteiger partial charge >= 0.3 is 0 Å². The minimum absolute atomic E-state index is 0.101. The molecule has 25 heavy (non-hydrogen) atoms. The topological polar surface area (TPSA) is 51.0 Å². The monoisotopic (exact) mass is 356 g/mol. The standard InChI is InChI=1S/C19H24N4OS/c24-19(16-12-13-6-4-8-15(13)25-16)22-11-5-7-14(22)18-21-20-17-9-2-1-3-10-23(17)18/h12,14H,1-11H2. The minimum Gasteiger partial charge on any atom is -0.328 e. The summed E-state index contributed by atoms with van der Waals surface area (Å²) in [4.78, 5) is 17.6. The van der Waals surface area contributed by atoms with Crippen molar-refractivity contribution < 1.29 is 4.79 Å². The second-order valence-corrected chi connectivity index (χ2v) is 8.64. The molecule has 1 atom stereocenters. The van der Waals surface area contributed by atoms with Gasteiger partial charge in [0.05, 0.1) is 10.9 Å². The lowest BCUT2D eigenvalue weighted by Crippen LogP contribution is -2.31. The smallest absolute Gasteiger partial charge is 0.264 e. The van der Waals surface area contributed by atoms with Crippen molar-refractivity contribution in [2.75, 3.05) is 6.54 Å². The molecule has 2 aromatic heterocycles. The lowest BCUT2D eigenvalue weighted by atomic mass is 10.2. The number of carbonyl (C=O) groups is 1. The Hall–Kier alpha value is -1.69. The molecule has 2 aromatic rings. The second kappa shape index (κ2) is 6.24. The summed E-state index contributed by atoms with van der Waals surface area (Å²) in [5.74, 6) is 2.33. The molecular weight excluding hydrogens is 332 g/mol. The van der Waals surface area contributed by atoms with E-state index in [1.54, 1.807) is 11.3 Å². The fourth-order valence-electron chi connectivity index (χ4n) is 4.61. The molecule has 1 amide bonds. The van der Waals surface area contributed by atoms with E-state index in [9.17, 15) is 4.79 Å². The second-order valence-electron chi connectivity index (χ2n) is 7.51. The molecule has 0 aromatic carbocycles. The van der Waals surface area contributed by atoms with Gasteiger partial charge in [-0.2, -0.15) is 0 Å². The fraction of sp³-hybridized carbons (Fsp3) is 0.632. The van der Waals surface area contributed by atoms with Crippen LogP contribution in [-0.2, 0) is 25.8 Å². The van der Waals surface area contributed by atoms with Crippen molar-refractivity contribution in [2.45, 2.75) is 70.4 Å².